The summed E-state index contributed by atoms with van der Waals surface area (Å²) in [5, 5.41) is 5.95. The van der Waals surface area contributed by atoms with Crippen LogP contribution in [0.5, 0.6) is 5.75 Å². The number of halogens is 3. The molecule has 20 heavy (non-hydrogen) atoms. The van der Waals surface area contributed by atoms with Gasteiger partial charge in [-0.2, -0.15) is 0 Å². The topological polar surface area (TPSA) is 45.7 Å². The van der Waals surface area contributed by atoms with E-state index in [0.29, 0.717) is 19.0 Å². The molecule has 112 valence electrons. The molecule has 0 aliphatic carbocycles. The summed E-state index contributed by atoms with van der Waals surface area (Å²) in [5.41, 5.74) is 0. The fraction of sp³-hybridized carbons (Fsp3) is 0.308. The van der Waals surface area contributed by atoms with Crippen LogP contribution in [0.1, 0.15) is 0 Å². The van der Waals surface area contributed by atoms with Gasteiger partial charge in [0, 0.05) is 19.7 Å². The number of aliphatic imine (C=N–C) groups is 1. The summed E-state index contributed by atoms with van der Waals surface area (Å²) in [5.74, 6) is -0.716. The van der Waals surface area contributed by atoms with Gasteiger partial charge in [0.1, 0.15) is 12.4 Å². The summed E-state index contributed by atoms with van der Waals surface area (Å²) in [6.07, 6.45) is 1.71. The zero-order valence-corrected chi connectivity index (χ0v) is 13.5. The summed E-state index contributed by atoms with van der Waals surface area (Å²) in [6, 6.07) is 3.19. The van der Waals surface area contributed by atoms with Crippen molar-refractivity contribution in [1.82, 2.24) is 10.6 Å². The first-order valence-corrected chi connectivity index (χ1v) is 5.80. The van der Waals surface area contributed by atoms with Crippen molar-refractivity contribution >= 4 is 29.9 Å². The maximum atomic E-state index is 13.2. The van der Waals surface area contributed by atoms with E-state index in [9.17, 15) is 8.78 Å². The Morgan fingerprint density at radius 3 is 2.75 bits per heavy atom. The molecule has 0 spiro atoms. The molecule has 1 rings (SSSR count). The van der Waals surface area contributed by atoms with E-state index in [4.69, 9.17) is 4.74 Å². The van der Waals surface area contributed by atoms with Gasteiger partial charge in [-0.05, 0) is 12.1 Å². The number of ether oxygens (including phenoxy) is 1. The first kappa shape index (κ1) is 18.6. The second-order valence-corrected chi connectivity index (χ2v) is 3.59. The molecule has 0 amide bonds. The predicted octanol–water partition coefficient (Wildman–Crippen LogP) is 2.31. The average Bonchev–Trinajstić information content (AvgIpc) is 2.40. The Labute approximate surface area is 134 Å². The third-order valence-corrected chi connectivity index (χ3v) is 2.18. The molecule has 0 atom stereocenters. The molecule has 0 aromatic heterocycles. The van der Waals surface area contributed by atoms with Crippen molar-refractivity contribution in [3.05, 3.63) is 42.5 Å². The summed E-state index contributed by atoms with van der Waals surface area (Å²) < 4.78 is 31.1. The van der Waals surface area contributed by atoms with E-state index in [1.165, 1.54) is 6.07 Å². The fourth-order valence-corrected chi connectivity index (χ4v) is 1.31. The average molecular weight is 397 g/mol. The number of benzene rings is 1. The normalized spacial score (nSPS) is 10.4. The lowest BCUT2D eigenvalue weighted by atomic mass is 10.3. The highest BCUT2D eigenvalue weighted by Crippen LogP contribution is 2.17. The monoisotopic (exact) mass is 397 g/mol. The van der Waals surface area contributed by atoms with Crippen LogP contribution in [-0.4, -0.2) is 32.7 Å². The van der Waals surface area contributed by atoms with Gasteiger partial charge in [-0.15, -0.1) is 30.6 Å². The molecule has 1 aromatic rings. The smallest absolute Gasteiger partial charge is 0.191 e. The molecule has 0 saturated heterocycles. The van der Waals surface area contributed by atoms with Crippen molar-refractivity contribution in [2.45, 2.75) is 0 Å². The molecule has 4 nitrogen and oxygen atoms in total. The summed E-state index contributed by atoms with van der Waals surface area (Å²) in [7, 11) is 1.64. The minimum atomic E-state index is -0.714. The van der Waals surface area contributed by atoms with Gasteiger partial charge in [0.05, 0.1) is 6.54 Å². The van der Waals surface area contributed by atoms with Crippen molar-refractivity contribution in [1.29, 1.82) is 0 Å². The van der Waals surface area contributed by atoms with Crippen molar-refractivity contribution in [3.8, 4) is 5.75 Å². The molecule has 0 bridgehead atoms. The molecule has 0 aliphatic heterocycles. The van der Waals surface area contributed by atoms with Crippen LogP contribution in [0.3, 0.4) is 0 Å². The largest absolute Gasteiger partial charge is 0.489 e. The molecule has 0 fully saturated rings. The van der Waals surface area contributed by atoms with Gasteiger partial charge in [0.2, 0.25) is 0 Å². The molecular weight excluding hydrogens is 379 g/mol. The lowest BCUT2D eigenvalue weighted by Crippen LogP contribution is -2.39. The first-order valence-electron chi connectivity index (χ1n) is 5.80. The highest BCUT2D eigenvalue weighted by molar-refractivity contribution is 14.0. The third kappa shape index (κ3) is 6.69. The van der Waals surface area contributed by atoms with Crippen LogP contribution in [0.2, 0.25) is 0 Å². The highest BCUT2D eigenvalue weighted by Gasteiger charge is 2.04. The Balaban J connectivity index is 0.00000361. The zero-order chi connectivity index (χ0) is 14.1. The van der Waals surface area contributed by atoms with Gasteiger partial charge in [0.25, 0.3) is 0 Å². The van der Waals surface area contributed by atoms with E-state index in [-0.39, 0.29) is 36.3 Å². The summed E-state index contributed by atoms with van der Waals surface area (Å²) in [4.78, 5) is 3.97. The molecule has 2 N–H and O–H groups in total. The molecule has 1 aromatic carbocycles. The first-order chi connectivity index (χ1) is 9.17. The number of rotatable bonds is 6. The second kappa shape index (κ2) is 10.4. The Morgan fingerprint density at radius 2 is 2.15 bits per heavy atom. The molecule has 0 aliphatic rings. The highest BCUT2D eigenvalue weighted by atomic mass is 127. The summed E-state index contributed by atoms with van der Waals surface area (Å²) in [6.45, 7) is 4.84. The van der Waals surface area contributed by atoms with Crippen LogP contribution in [0.4, 0.5) is 8.78 Å². The summed E-state index contributed by atoms with van der Waals surface area (Å²) >= 11 is 0. The minimum Gasteiger partial charge on any atom is -0.489 e. The van der Waals surface area contributed by atoms with Gasteiger partial charge in [0.15, 0.2) is 17.5 Å². The molecule has 0 unspecified atom stereocenters. The van der Waals surface area contributed by atoms with Crippen molar-refractivity contribution in [3.63, 3.8) is 0 Å². The fourth-order valence-electron chi connectivity index (χ4n) is 1.31. The minimum absolute atomic E-state index is 0. The second-order valence-electron chi connectivity index (χ2n) is 3.59. The third-order valence-electron chi connectivity index (χ3n) is 2.18. The maximum absolute atomic E-state index is 13.2. The van der Waals surface area contributed by atoms with Crippen LogP contribution >= 0.6 is 24.0 Å². The molecule has 0 heterocycles. The Morgan fingerprint density at radius 1 is 1.40 bits per heavy atom. The number of nitrogens with zero attached hydrogens (tertiary/aromatic N) is 1. The van der Waals surface area contributed by atoms with Crippen LogP contribution < -0.4 is 15.4 Å². The van der Waals surface area contributed by atoms with E-state index in [1.54, 1.807) is 13.1 Å². The van der Waals surface area contributed by atoms with E-state index >= 15 is 0 Å². The van der Waals surface area contributed by atoms with Crippen LogP contribution in [0.25, 0.3) is 0 Å². The number of hydrogen-bond acceptors (Lipinski definition) is 2. The standard InChI is InChI=1S/C13H17F2N3O.HI/c1-3-6-17-13(16-2)18-7-8-19-12-5-4-10(14)9-11(12)15;/h3-5,9H,1,6-8H2,2H3,(H2,16,17,18);1H. The SMILES string of the molecule is C=CCNC(=NC)NCCOc1ccc(F)cc1F.I. The van der Waals surface area contributed by atoms with Crippen molar-refractivity contribution in [2.75, 3.05) is 26.7 Å². The molecule has 0 saturated carbocycles. The Kier molecular flexibility index (Phi) is 9.69. The van der Waals surface area contributed by atoms with Gasteiger partial charge in [-0.25, -0.2) is 8.78 Å². The molecular formula is C13H18F2IN3O. The van der Waals surface area contributed by atoms with Gasteiger partial charge < -0.3 is 15.4 Å². The zero-order valence-electron chi connectivity index (χ0n) is 11.2. The van der Waals surface area contributed by atoms with E-state index in [0.717, 1.165) is 12.1 Å². The quantitative estimate of drug-likeness (QED) is 0.255. The Bertz CT molecular complexity index is 455. The number of nitrogens with one attached hydrogen (secondary N) is 2. The van der Waals surface area contributed by atoms with Gasteiger partial charge in [-0.1, -0.05) is 6.08 Å². The van der Waals surface area contributed by atoms with E-state index < -0.39 is 11.6 Å². The van der Waals surface area contributed by atoms with Crippen molar-refractivity contribution < 1.29 is 13.5 Å². The lowest BCUT2D eigenvalue weighted by molar-refractivity contribution is 0.304. The number of hydrogen-bond donors (Lipinski definition) is 2. The van der Waals surface area contributed by atoms with E-state index in [1.807, 2.05) is 0 Å². The van der Waals surface area contributed by atoms with Crippen molar-refractivity contribution in [2.24, 2.45) is 4.99 Å². The van der Waals surface area contributed by atoms with Crippen LogP contribution in [-0.2, 0) is 0 Å². The molecule has 0 radical (unpaired) electrons. The van der Waals surface area contributed by atoms with Gasteiger partial charge >= 0.3 is 0 Å². The predicted molar refractivity (Wildman–Crippen MR) is 86.8 cm³/mol. The lowest BCUT2D eigenvalue weighted by Gasteiger charge is -2.11. The van der Waals surface area contributed by atoms with Gasteiger partial charge in [-0.3, -0.25) is 4.99 Å². The number of guanidine groups is 1. The van der Waals surface area contributed by atoms with E-state index in [2.05, 4.69) is 22.2 Å². The van der Waals surface area contributed by atoms with Crippen LogP contribution in [0.15, 0.2) is 35.8 Å². The van der Waals surface area contributed by atoms with Crippen LogP contribution in [0, 0.1) is 11.6 Å². The maximum Gasteiger partial charge on any atom is 0.191 e. The molecule has 7 heteroatoms. The Hall–Kier alpha value is -1.38.